The molecule has 3 heterocycles. The maximum Gasteiger partial charge on any atom is 0.268 e. The summed E-state index contributed by atoms with van der Waals surface area (Å²) in [5.74, 6) is 0.578. The van der Waals surface area contributed by atoms with Gasteiger partial charge in [-0.2, -0.15) is 5.10 Å². The van der Waals surface area contributed by atoms with Gasteiger partial charge in [-0.15, -0.1) is 0 Å². The lowest BCUT2D eigenvalue weighted by Crippen LogP contribution is -2.31. The highest BCUT2D eigenvalue weighted by Crippen LogP contribution is 2.16. The van der Waals surface area contributed by atoms with Crippen molar-refractivity contribution < 1.29 is 4.79 Å². The van der Waals surface area contributed by atoms with Gasteiger partial charge in [-0.25, -0.2) is 4.98 Å². The monoisotopic (exact) mass is 269 g/mol. The molecule has 3 rings (SSSR count). The van der Waals surface area contributed by atoms with Crippen LogP contribution in [0.3, 0.4) is 0 Å². The molecule has 2 aromatic heterocycles. The van der Waals surface area contributed by atoms with Crippen molar-refractivity contribution in [1.29, 1.82) is 0 Å². The molecule has 0 bridgehead atoms. The van der Waals surface area contributed by atoms with Crippen LogP contribution in [-0.2, 0) is 0 Å². The third-order valence-corrected chi connectivity index (χ3v) is 3.13. The zero-order valence-corrected chi connectivity index (χ0v) is 11.1. The molecule has 0 saturated carbocycles. The summed E-state index contributed by atoms with van der Waals surface area (Å²) >= 11 is 0. The van der Waals surface area contributed by atoms with E-state index >= 15 is 0 Å². The van der Waals surface area contributed by atoms with Crippen molar-refractivity contribution >= 4 is 17.4 Å². The van der Waals surface area contributed by atoms with Crippen LogP contribution in [0.15, 0.2) is 41.8 Å². The molecule has 0 aromatic carbocycles. The van der Waals surface area contributed by atoms with Gasteiger partial charge < -0.3 is 10.3 Å². The molecule has 6 heteroatoms. The van der Waals surface area contributed by atoms with Crippen LogP contribution in [-0.4, -0.2) is 27.6 Å². The summed E-state index contributed by atoms with van der Waals surface area (Å²) in [5, 5.41) is 7.32. The summed E-state index contributed by atoms with van der Waals surface area (Å²) in [7, 11) is 0. The number of carbonyl (C=O) groups is 1. The summed E-state index contributed by atoms with van der Waals surface area (Å²) in [6.45, 7) is 1.96. The highest BCUT2D eigenvalue weighted by molar-refractivity contribution is 6.11. The van der Waals surface area contributed by atoms with Crippen LogP contribution in [0.1, 0.15) is 29.4 Å². The molecule has 1 aliphatic heterocycles. The quantitative estimate of drug-likeness (QED) is 0.726. The molecule has 6 nitrogen and oxygen atoms in total. The predicted molar refractivity (Wildman–Crippen MR) is 76.7 cm³/mol. The van der Waals surface area contributed by atoms with Crippen LogP contribution in [0.5, 0.6) is 0 Å². The molecule has 0 radical (unpaired) electrons. The number of H-pyrrole nitrogens is 1. The Hall–Kier alpha value is -2.63. The Bertz CT molecular complexity index is 647. The molecule has 20 heavy (non-hydrogen) atoms. The Labute approximate surface area is 116 Å². The van der Waals surface area contributed by atoms with Crippen molar-refractivity contribution in [3.63, 3.8) is 0 Å². The average molecular weight is 269 g/mol. The molecule has 0 saturated heterocycles. The van der Waals surface area contributed by atoms with E-state index < -0.39 is 0 Å². The van der Waals surface area contributed by atoms with Gasteiger partial charge in [0.25, 0.3) is 5.91 Å². The summed E-state index contributed by atoms with van der Waals surface area (Å²) in [4.78, 5) is 19.1. The first-order valence-corrected chi connectivity index (χ1v) is 6.46. The minimum atomic E-state index is -0.0967. The van der Waals surface area contributed by atoms with Crippen molar-refractivity contribution in [2.24, 2.45) is 5.10 Å². The van der Waals surface area contributed by atoms with Gasteiger partial charge in [0.15, 0.2) is 0 Å². The standard InChI is InChI=1S/C14H15N5O/c1-9-8-11(18-19-12-4-2-3-6-15-12)10-5-7-16-13(10)14(20)17-9/h2-7,9,16H,8H2,1H3,(H,15,19)(H,17,20)/b18-11-. The van der Waals surface area contributed by atoms with Gasteiger partial charge in [0.05, 0.1) is 5.71 Å². The Balaban J connectivity index is 1.92. The first-order chi connectivity index (χ1) is 9.74. The molecule has 1 atom stereocenters. The van der Waals surface area contributed by atoms with E-state index in [4.69, 9.17) is 0 Å². The van der Waals surface area contributed by atoms with E-state index in [0.29, 0.717) is 17.9 Å². The van der Waals surface area contributed by atoms with Crippen molar-refractivity contribution in [2.75, 3.05) is 5.43 Å². The number of anilines is 1. The van der Waals surface area contributed by atoms with E-state index in [1.807, 2.05) is 31.2 Å². The van der Waals surface area contributed by atoms with Gasteiger partial charge in [-0.3, -0.25) is 10.2 Å². The average Bonchev–Trinajstić information content (AvgIpc) is 2.90. The summed E-state index contributed by atoms with van der Waals surface area (Å²) in [6, 6.07) is 7.47. The van der Waals surface area contributed by atoms with Crippen molar-refractivity contribution in [2.45, 2.75) is 19.4 Å². The number of carbonyl (C=O) groups excluding carboxylic acids is 1. The number of fused-ring (bicyclic) bond motifs is 1. The number of aromatic nitrogens is 2. The zero-order chi connectivity index (χ0) is 13.9. The normalized spacial score (nSPS) is 20.1. The minimum Gasteiger partial charge on any atom is -0.357 e. The van der Waals surface area contributed by atoms with Crippen molar-refractivity contribution in [3.05, 3.63) is 47.9 Å². The number of hydrogen-bond acceptors (Lipinski definition) is 4. The number of amides is 1. The first-order valence-electron chi connectivity index (χ1n) is 6.46. The van der Waals surface area contributed by atoms with Crippen LogP contribution in [0.2, 0.25) is 0 Å². The molecule has 0 aliphatic carbocycles. The van der Waals surface area contributed by atoms with Gasteiger partial charge >= 0.3 is 0 Å². The fourth-order valence-corrected chi connectivity index (χ4v) is 2.20. The van der Waals surface area contributed by atoms with Crippen LogP contribution in [0.4, 0.5) is 5.82 Å². The van der Waals surface area contributed by atoms with E-state index in [2.05, 4.69) is 25.8 Å². The van der Waals surface area contributed by atoms with E-state index in [1.54, 1.807) is 12.4 Å². The van der Waals surface area contributed by atoms with Gasteiger partial charge in [0, 0.05) is 30.4 Å². The van der Waals surface area contributed by atoms with Gasteiger partial charge in [0.2, 0.25) is 0 Å². The highest BCUT2D eigenvalue weighted by Gasteiger charge is 2.24. The molecule has 0 spiro atoms. The molecule has 2 aromatic rings. The Kier molecular flexibility index (Phi) is 3.20. The molecule has 1 unspecified atom stereocenters. The number of nitrogens with one attached hydrogen (secondary N) is 3. The van der Waals surface area contributed by atoms with Gasteiger partial charge in [0.1, 0.15) is 11.5 Å². The third kappa shape index (κ3) is 2.40. The van der Waals surface area contributed by atoms with E-state index in [1.165, 1.54) is 0 Å². The highest BCUT2D eigenvalue weighted by atomic mass is 16.2. The number of pyridine rings is 1. The smallest absolute Gasteiger partial charge is 0.268 e. The fraction of sp³-hybridized carbons (Fsp3) is 0.214. The Morgan fingerprint density at radius 2 is 2.30 bits per heavy atom. The number of nitrogens with zero attached hydrogens (tertiary/aromatic N) is 2. The van der Waals surface area contributed by atoms with E-state index in [9.17, 15) is 4.79 Å². The van der Waals surface area contributed by atoms with E-state index in [0.717, 1.165) is 11.3 Å². The van der Waals surface area contributed by atoms with Crippen LogP contribution < -0.4 is 10.7 Å². The summed E-state index contributed by atoms with van der Waals surface area (Å²) < 4.78 is 0. The lowest BCUT2D eigenvalue weighted by Gasteiger charge is -2.09. The summed E-state index contributed by atoms with van der Waals surface area (Å²) in [6.07, 6.45) is 4.11. The molecular weight excluding hydrogens is 254 g/mol. The molecule has 0 fully saturated rings. The summed E-state index contributed by atoms with van der Waals surface area (Å²) in [5.41, 5.74) is 5.14. The molecular formula is C14H15N5O. The predicted octanol–water partition coefficient (Wildman–Crippen LogP) is 1.75. The minimum absolute atomic E-state index is 0.0348. The van der Waals surface area contributed by atoms with Gasteiger partial charge in [-0.1, -0.05) is 6.07 Å². The molecule has 1 amide bonds. The lowest BCUT2D eigenvalue weighted by atomic mass is 10.1. The molecule has 1 aliphatic rings. The zero-order valence-electron chi connectivity index (χ0n) is 11.1. The van der Waals surface area contributed by atoms with Crippen molar-refractivity contribution in [3.8, 4) is 0 Å². The number of hydrazone groups is 1. The SMILES string of the molecule is CC1C/C(=N/Nc2ccccn2)c2cc[nH]c2C(=O)N1. The Morgan fingerprint density at radius 1 is 1.40 bits per heavy atom. The molecule has 3 N–H and O–H groups in total. The number of rotatable bonds is 2. The van der Waals surface area contributed by atoms with E-state index in [-0.39, 0.29) is 11.9 Å². The lowest BCUT2D eigenvalue weighted by molar-refractivity contribution is 0.0939. The maximum atomic E-state index is 12.0. The molecule has 102 valence electrons. The third-order valence-electron chi connectivity index (χ3n) is 3.13. The maximum absolute atomic E-state index is 12.0. The largest absolute Gasteiger partial charge is 0.357 e. The van der Waals surface area contributed by atoms with Gasteiger partial charge in [-0.05, 0) is 25.1 Å². The van der Waals surface area contributed by atoms with Crippen LogP contribution >= 0.6 is 0 Å². The topological polar surface area (TPSA) is 82.2 Å². The van der Waals surface area contributed by atoms with Crippen LogP contribution in [0.25, 0.3) is 0 Å². The second-order valence-corrected chi connectivity index (χ2v) is 4.73. The van der Waals surface area contributed by atoms with Crippen LogP contribution in [0, 0.1) is 0 Å². The van der Waals surface area contributed by atoms with Crippen molar-refractivity contribution in [1.82, 2.24) is 15.3 Å². The number of hydrogen-bond donors (Lipinski definition) is 3. The second-order valence-electron chi connectivity index (χ2n) is 4.73. The second kappa shape index (κ2) is 5.16. The number of aromatic amines is 1. The first kappa shape index (κ1) is 12.4. The Morgan fingerprint density at radius 3 is 3.10 bits per heavy atom. The fourth-order valence-electron chi connectivity index (χ4n) is 2.20.